The number of carbonyl (C=O) groups is 2. The van der Waals surface area contributed by atoms with Crippen molar-refractivity contribution in [2.24, 2.45) is 0 Å². The van der Waals surface area contributed by atoms with Crippen LogP contribution in [0.5, 0.6) is 0 Å². The highest BCUT2D eigenvalue weighted by molar-refractivity contribution is 5.95. The zero-order valence-corrected chi connectivity index (χ0v) is 14.1. The van der Waals surface area contributed by atoms with Gasteiger partial charge < -0.3 is 15.4 Å². The summed E-state index contributed by atoms with van der Waals surface area (Å²) in [6.07, 6.45) is 2.29. The van der Waals surface area contributed by atoms with Crippen LogP contribution in [-0.4, -0.2) is 43.6 Å². The number of nitrogens with one attached hydrogen (secondary N) is 2. The zero-order valence-electron chi connectivity index (χ0n) is 14.1. The summed E-state index contributed by atoms with van der Waals surface area (Å²) in [5.41, 5.74) is 3.05. The van der Waals surface area contributed by atoms with Crippen LogP contribution >= 0.6 is 0 Å². The molecule has 0 aromatic heterocycles. The molecule has 1 fully saturated rings. The number of amides is 2. The number of hydrogen-bond donors (Lipinski definition) is 2. The number of aryl methyl sites for hydroxylation is 1. The Labute approximate surface area is 141 Å². The molecule has 128 valence electrons. The van der Waals surface area contributed by atoms with E-state index in [1.165, 1.54) is 7.11 Å². The number of hydrogen-bond acceptors (Lipinski definition) is 4. The van der Waals surface area contributed by atoms with Gasteiger partial charge in [0.25, 0.3) is 0 Å². The molecule has 2 aliphatic rings. The van der Waals surface area contributed by atoms with E-state index in [-0.39, 0.29) is 6.03 Å². The van der Waals surface area contributed by atoms with Gasteiger partial charge in [-0.1, -0.05) is 24.3 Å². The SMILES string of the molecule is COC(=O)C1=C(CN2CCCC2)NC(=O)NC1c1ccccc1C. The highest BCUT2D eigenvalue weighted by atomic mass is 16.5. The molecule has 1 unspecified atom stereocenters. The summed E-state index contributed by atoms with van der Waals surface area (Å²) in [4.78, 5) is 26.9. The van der Waals surface area contributed by atoms with E-state index >= 15 is 0 Å². The summed E-state index contributed by atoms with van der Waals surface area (Å²) in [6, 6.07) is 6.97. The Morgan fingerprint density at radius 2 is 2.00 bits per heavy atom. The van der Waals surface area contributed by atoms with Gasteiger partial charge in [0.1, 0.15) is 0 Å². The van der Waals surface area contributed by atoms with Crippen LogP contribution in [0.1, 0.15) is 30.0 Å². The minimum Gasteiger partial charge on any atom is -0.466 e. The van der Waals surface area contributed by atoms with Crippen molar-refractivity contribution in [2.75, 3.05) is 26.7 Å². The van der Waals surface area contributed by atoms with Gasteiger partial charge in [0.15, 0.2) is 0 Å². The van der Waals surface area contributed by atoms with Crippen LogP contribution in [0.4, 0.5) is 4.79 Å². The van der Waals surface area contributed by atoms with Crippen molar-refractivity contribution in [1.29, 1.82) is 0 Å². The summed E-state index contributed by atoms with van der Waals surface area (Å²) >= 11 is 0. The van der Waals surface area contributed by atoms with E-state index in [2.05, 4.69) is 15.5 Å². The highest BCUT2D eigenvalue weighted by Gasteiger charge is 2.34. The van der Waals surface area contributed by atoms with E-state index < -0.39 is 12.0 Å². The average Bonchev–Trinajstić information content (AvgIpc) is 3.07. The topological polar surface area (TPSA) is 70.7 Å². The number of benzene rings is 1. The van der Waals surface area contributed by atoms with Crippen LogP contribution in [-0.2, 0) is 9.53 Å². The number of rotatable bonds is 4. The van der Waals surface area contributed by atoms with Gasteiger partial charge in [-0.05, 0) is 44.0 Å². The lowest BCUT2D eigenvalue weighted by Crippen LogP contribution is -2.48. The largest absolute Gasteiger partial charge is 0.466 e. The second-order valence-electron chi connectivity index (χ2n) is 6.26. The molecular weight excluding hydrogens is 306 g/mol. The summed E-state index contributed by atoms with van der Waals surface area (Å²) in [5.74, 6) is -0.412. The number of urea groups is 1. The fourth-order valence-electron chi connectivity index (χ4n) is 3.40. The first-order chi connectivity index (χ1) is 11.6. The van der Waals surface area contributed by atoms with E-state index in [1.807, 2.05) is 31.2 Å². The molecule has 24 heavy (non-hydrogen) atoms. The quantitative estimate of drug-likeness (QED) is 0.828. The van der Waals surface area contributed by atoms with Crippen molar-refractivity contribution in [1.82, 2.24) is 15.5 Å². The first-order valence-electron chi connectivity index (χ1n) is 8.27. The van der Waals surface area contributed by atoms with E-state index in [0.717, 1.165) is 37.1 Å². The Bertz CT molecular complexity index is 678. The van der Waals surface area contributed by atoms with Gasteiger partial charge in [0.2, 0.25) is 0 Å². The molecular formula is C18H23N3O3. The summed E-state index contributed by atoms with van der Waals surface area (Å²) in [7, 11) is 1.37. The van der Waals surface area contributed by atoms with Crippen molar-refractivity contribution in [2.45, 2.75) is 25.8 Å². The second-order valence-corrected chi connectivity index (χ2v) is 6.26. The lowest BCUT2D eigenvalue weighted by Gasteiger charge is -2.31. The van der Waals surface area contributed by atoms with Gasteiger partial charge >= 0.3 is 12.0 Å². The van der Waals surface area contributed by atoms with Crippen LogP contribution in [0.15, 0.2) is 35.5 Å². The first kappa shape index (κ1) is 16.5. The molecule has 2 amide bonds. The van der Waals surface area contributed by atoms with Gasteiger partial charge in [0.05, 0.1) is 18.7 Å². The lowest BCUT2D eigenvalue weighted by atomic mass is 9.92. The van der Waals surface area contributed by atoms with Crippen LogP contribution in [0.2, 0.25) is 0 Å². The molecule has 0 aliphatic carbocycles. The fourth-order valence-corrected chi connectivity index (χ4v) is 3.40. The van der Waals surface area contributed by atoms with Gasteiger partial charge in [-0.25, -0.2) is 9.59 Å². The van der Waals surface area contributed by atoms with Crippen molar-refractivity contribution < 1.29 is 14.3 Å². The minimum atomic E-state index is -0.495. The normalized spacial score (nSPS) is 21.4. The highest BCUT2D eigenvalue weighted by Crippen LogP contribution is 2.30. The number of likely N-dealkylation sites (tertiary alicyclic amines) is 1. The van der Waals surface area contributed by atoms with E-state index in [1.54, 1.807) is 0 Å². The van der Waals surface area contributed by atoms with Gasteiger partial charge in [0, 0.05) is 12.2 Å². The molecule has 0 saturated carbocycles. The average molecular weight is 329 g/mol. The summed E-state index contributed by atoms with van der Waals surface area (Å²) in [6.45, 7) is 4.49. The maximum atomic E-state index is 12.5. The molecule has 0 bridgehead atoms. The van der Waals surface area contributed by atoms with Crippen LogP contribution in [0, 0.1) is 6.92 Å². The predicted molar refractivity (Wildman–Crippen MR) is 90.3 cm³/mol. The van der Waals surface area contributed by atoms with Crippen LogP contribution in [0.25, 0.3) is 0 Å². The Hall–Kier alpha value is -2.34. The minimum absolute atomic E-state index is 0.287. The number of esters is 1. The molecule has 1 saturated heterocycles. The van der Waals surface area contributed by atoms with Crippen molar-refractivity contribution in [3.63, 3.8) is 0 Å². The monoisotopic (exact) mass is 329 g/mol. The van der Waals surface area contributed by atoms with Crippen molar-refractivity contribution in [3.8, 4) is 0 Å². The molecule has 1 aromatic rings. The smallest absolute Gasteiger partial charge is 0.338 e. The Morgan fingerprint density at radius 1 is 1.29 bits per heavy atom. The number of carbonyl (C=O) groups excluding carboxylic acids is 2. The van der Waals surface area contributed by atoms with E-state index in [9.17, 15) is 9.59 Å². The van der Waals surface area contributed by atoms with Crippen LogP contribution < -0.4 is 10.6 Å². The summed E-state index contributed by atoms with van der Waals surface area (Å²) < 4.78 is 5.00. The van der Waals surface area contributed by atoms with Crippen molar-refractivity contribution >= 4 is 12.0 Å². The Morgan fingerprint density at radius 3 is 2.67 bits per heavy atom. The second kappa shape index (κ2) is 7.05. The third-order valence-corrected chi connectivity index (χ3v) is 4.64. The molecule has 1 aromatic carbocycles. The van der Waals surface area contributed by atoms with Crippen LogP contribution in [0.3, 0.4) is 0 Å². The molecule has 2 N–H and O–H groups in total. The predicted octanol–water partition coefficient (Wildman–Crippen LogP) is 1.87. The van der Waals surface area contributed by atoms with Gasteiger partial charge in [-0.2, -0.15) is 0 Å². The van der Waals surface area contributed by atoms with Crippen molar-refractivity contribution in [3.05, 3.63) is 46.7 Å². The standard InChI is InChI=1S/C18H23N3O3/c1-12-7-3-4-8-13(12)16-15(17(22)24-2)14(19-18(23)20-16)11-21-9-5-6-10-21/h3-4,7-8,16H,5-6,9-11H2,1-2H3,(H2,19,20,23). The third-order valence-electron chi connectivity index (χ3n) is 4.64. The Balaban J connectivity index is 2.03. The molecule has 1 atom stereocenters. The molecule has 0 spiro atoms. The molecule has 6 heteroatoms. The van der Waals surface area contributed by atoms with E-state index in [0.29, 0.717) is 17.8 Å². The summed E-state index contributed by atoms with van der Waals surface area (Å²) in [5, 5.41) is 5.68. The molecule has 2 aliphatic heterocycles. The maximum absolute atomic E-state index is 12.5. The fraction of sp³-hybridized carbons (Fsp3) is 0.444. The number of ether oxygens (including phenoxy) is 1. The number of methoxy groups -OCH3 is 1. The molecule has 3 rings (SSSR count). The number of nitrogens with zero attached hydrogens (tertiary/aromatic N) is 1. The molecule has 0 radical (unpaired) electrons. The maximum Gasteiger partial charge on any atom is 0.338 e. The Kier molecular flexibility index (Phi) is 4.85. The van der Waals surface area contributed by atoms with Gasteiger partial charge in [-0.15, -0.1) is 0 Å². The van der Waals surface area contributed by atoms with E-state index in [4.69, 9.17) is 4.74 Å². The molecule has 6 nitrogen and oxygen atoms in total. The third kappa shape index (κ3) is 3.28. The van der Waals surface area contributed by atoms with Gasteiger partial charge in [-0.3, -0.25) is 4.90 Å². The zero-order chi connectivity index (χ0) is 17.1. The first-order valence-corrected chi connectivity index (χ1v) is 8.27. The lowest BCUT2D eigenvalue weighted by molar-refractivity contribution is -0.136. The molecule has 2 heterocycles.